The first-order chi connectivity index (χ1) is 14.0. The molecular formula is C21H26N2O5S. The lowest BCUT2D eigenvalue weighted by molar-refractivity contribution is 0.102. The Bertz CT molecular complexity index is 969. The van der Waals surface area contributed by atoms with E-state index in [0.29, 0.717) is 42.4 Å². The van der Waals surface area contributed by atoms with Crippen LogP contribution in [0.25, 0.3) is 0 Å². The largest absolute Gasteiger partial charge is 0.495 e. The van der Waals surface area contributed by atoms with Crippen LogP contribution in [0, 0.1) is 0 Å². The Hall–Kier alpha value is -2.58. The van der Waals surface area contributed by atoms with Gasteiger partial charge in [-0.1, -0.05) is 18.6 Å². The van der Waals surface area contributed by atoms with Gasteiger partial charge in [-0.15, -0.1) is 0 Å². The highest BCUT2D eigenvalue weighted by molar-refractivity contribution is 7.89. The highest BCUT2D eigenvalue weighted by atomic mass is 32.2. The highest BCUT2D eigenvalue weighted by Crippen LogP contribution is 2.31. The zero-order valence-corrected chi connectivity index (χ0v) is 17.5. The van der Waals surface area contributed by atoms with E-state index in [1.54, 1.807) is 30.3 Å². The Morgan fingerprint density at radius 3 is 2.48 bits per heavy atom. The van der Waals surface area contributed by atoms with Gasteiger partial charge >= 0.3 is 0 Å². The van der Waals surface area contributed by atoms with Crippen molar-refractivity contribution in [2.24, 2.45) is 0 Å². The summed E-state index contributed by atoms with van der Waals surface area (Å²) >= 11 is 0. The molecule has 29 heavy (non-hydrogen) atoms. The minimum Gasteiger partial charge on any atom is -0.495 e. The summed E-state index contributed by atoms with van der Waals surface area (Å²) in [6.45, 7) is 3.29. The molecule has 7 nitrogen and oxygen atoms in total. The molecule has 156 valence electrons. The normalized spacial score (nSPS) is 15.0. The number of ether oxygens (including phenoxy) is 2. The lowest BCUT2D eigenvalue weighted by Gasteiger charge is -2.26. The van der Waals surface area contributed by atoms with Crippen molar-refractivity contribution in [2.75, 3.05) is 32.1 Å². The van der Waals surface area contributed by atoms with Gasteiger partial charge in [-0.05, 0) is 50.1 Å². The van der Waals surface area contributed by atoms with Crippen LogP contribution in [0.5, 0.6) is 11.5 Å². The third-order valence-electron chi connectivity index (χ3n) is 4.80. The number of carbonyl (C=O) groups excluding carboxylic acids is 1. The molecule has 0 spiro atoms. The lowest BCUT2D eigenvalue weighted by atomic mass is 10.1. The number of rotatable bonds is 7. The topological polar surface area (TPSA) is 84.9 Å². The fraction of sp³-hybridized carbons (Fsp3) is 0.381. The number of hydrogen-bond donors (Lipinski definition) is 1. The van der Waals surface area contributed by atoms with E-state index < -0.39 is 15.9 Å². The number of para-hydroxylation sites is 1. The van der Waals surface area contributed by atoms with Gasteiger partial charge in [-0.2, -0.15) is 4.31 Å². The van der Waals surface area contributed by atoms with Gasteiger partial charge in [-0.3, -0.25) is 4.79 Å². The third kappa shape index (κ3) is 4.71. The summed E-state index contributed by atoms with van der Waals surface area (Å²) in [5.74, 6) is 0.438. The molecule has 0 aliphatic carbocycles. The summed E-state index contributed by atoms with van der Waals surface area (Å²) in [6, 6.07) is 11.4. The van der Waals surface area contributed by atoms with Crippen LogP contribution < -0.4 is 14.8 Å². The zero-order valence-electron chi connectivity index (χ0n) is 16.7. The SMILES string of the molecule is CCOc1ccccc1C(=O)Nc1cc(S(=O)(=O)N2CCCCC2)ccc1OC. The smallest absolute Gasteiger partial charge is 0.259 e. The van der Waals surface area contributed by atoms with Gasteiger partial charge in [0.1, 0.15) is 11.5 Å². The van der Waals surface area contributed by atoms with Crippen molar-refractivity contribution in [1.29, 1.82) is 0 Å². The Kier molecular flexibility index (Phi) is 6.76. The molecule has 1 amide bonds. The summed E-state index contributed by atoms with van der Waals surface area (Å²) in [5, 5.41) is 2.77. The number of carbonyl (C=O) groups is 1. The molecule has 2 aromatic rings. The number of sulfonamides is 1. The van der Waals surface area contributed by atoms with Gasteiger partial charge in [0, 0.05) is 13.1 Å². The number of hydrogen-bond acceptors (Lipinski definition) is 5. The predicted molar refractivity (Wildman–Crippen MR) is 111 cm³/mol. The summed E-state index contributed by atoms with van der Waals surface area (Å²) < 4.78 is 38.3. The van der Waals surface area contributed by atoms with Crippen LogP contribution >= 0.6 is 0 Å². The van der Waals surface area contributed by atoms with Crippen molar-refractivity contribution < 1.29 is 22.7 Å². The summed E-state index contributed by atoms with van der Waals surface area (Å²) in [6.07, 6.45) is 2.75. The van der Waals surface area contributed by atoms with Crippen molar-refractivity contribution in [1.82, 2.24) is 4.31 Å². The lowest BCUT2D eigenvalue weighted by Crippen LogP contribution is -2.35. The highest BCUT2D eigenvalue weighted by Gasteiger charge is 2.27. The van der Waals surface area contributed by atoms with Crippen LogP contribution in [0.2, 0.25) is 0 Å². The number of benzene rings is 2. The molecule has 3 rings (SSSR count). The maximum absolute atomic E-state index is 13.0. The number of anilines is 1. The fourth-order valence-corrected chi connectivity index (χ4v) is 4.87. The van der Waals surface area contributed by atoms with E-state index in [0.717, 1.165) is 19.3 Å². The Labute approximate surface area is 171 Å². The molecular weight excluding hydrogens is 392 g/mol. The average molecular weight is 419 g/mol. The first-order valence-electron chi connectivity index (χ1n) is 9.68. The summed E-state index contributed by atoms with van der Waals surface area (Å²) in [4.78, 5) is 13.0. The minimum atomic E-state index is -3.62. The van der Waals surface area contributed by atoms with Crippen LogP contribution in [0.15, 0.2) is 47.4 Å². The quantitative estimate of drug-likeness (QED) is 0.744. The zero-order chi connectivity index (χ0) is 20.9. The number of amides is 1. The second-order valence-corrected chi connectivity index (χ2v) is 8.65. The van der Waals surface area contributed by atoms with Gasteiger partial charge in [0.2, 0.25) is 10.0 Å². The van der Waals surface area contributed by atoms with Crippen LogP contribution in [0.3, 0.4) is 0 Å². The number of piperidine rings is 1. The Morgan fingerprint density at radius 1 is 1.07 bits per heavy atom. The van der Waals surface area contributed by atoms with Gasteiger partial charge in [0.05, 0.1) is 29.9 Å². The molecule has 2 aromatic carbocycles. The maximum Gasteiger partial charge on any atom is 0.259 e. The molecule has 0 radical (unpaired) electrons. The van der Waals surface area contributed by atoms with Crippen LogP contribution in [0.4, 0.5) is 5.69 Å². The van der Waals surface area contributed by atoms with Gasteiger partial charge in [0.25, 0.3) is 5.91 Å². The van der Waals surface area contributed by atoms with E-state index in [4.69, 9.17) is 9.47 Å². The maximum atomic E-state index is 13.0. The predicted octanol–water partition coefficient (Wildman–Crippen LogP) is 3.52. The molecule has 1 aliphatic rings. The molecule has 0 bridgehead atoms. The minimum absolute atomic E-state index is 0.133. The fourth-order valence-electron chi connectivity index (χ4n) is 3.32. The third-order valence-corrected chi connectivity index (χ3v) is 6.70. The van der Waals surface area contributed by atoms with Gasteiger partial charge < -0.3 is 14.8 Å². The van der Waals surface area contributed by atoms with Crippen molar-refractivity contribution in [3.8, 4) is 11.5 Å². The summed E-state index contributed by atoms with van der Waals surface area (Å²) in [7, 11) is -2.15. The van der Waals surface area contributed by atoms with Crippen molar-refractivity contribution in [3.63, 3.8) is 0 Å². The molecule has 1 aliphatic heterocycles. The molecule has 1 N–H and O–H groups in total. The molecule has 0 saturated carbocycles. The van der Waals surface area contributed by atoms with E-state index in [2.05, 4.69) is 5.32 Å². The molecule has 0 unspecified atom stereocenters. The van der Waals surface area contributed by atoms with E-state index >= 15 is 0 Å². The Morgan fingerprint density at radius 2 is 1.79 bits per heavy atom. The number of nitrogens with zero attached hydrogens (tertiary/aromatic N) is 1. The second-order valence-electron chi connectivity index (χ2n) is 6.71. The van der Waals surface area contributed by atoms with Gasteiger partial charge in [-0.25, -0.2) is 8.42 Å². The van der Waals surface area contributed by atoms with Gasteiger partial charge in [0.15, 0.2) is 0 Å². The summed E-state index contributed by atoms with van der Waals surface area (Å²) in [5.41, 5.74) is 0.655. The number of nitrogens with one attached hydrogen (secondary N) is 1. The van der Waals surface area contributed by atoms with E-state index in [1.165, 1.54) is 23.5 Å². The average Bonchev–Trinajstić information content (AvgIpc) is 2.75. The van der Waals surface area contributed by atoms with Crippen LogP contribution in [-0.4, -0.2) is 45.4 Å². The standard InChI is InChI=1S/C21H26N2O5S/c1-3-28-19-10-6-5-9-17(19)21(24)22-18-15-16(11-12-20(18)27-2)29(25,26)23-13-7-4-8-14-23/h5-6,9-12,15H,3-4,7-8,13-14H2,1-2H3,(H,22,24). The van der Waals surface area contributed by atoms with E-state index in [-0.39, 0.29) is 4.90 Å². The van der Waals surface area contributed by atoms with Crippen LogP contribution in [0.1, 0.15) is 36.5 Å². The monoisotopic (exact) mass is 418 g/mol. The molecule has 1 saturated heterocycles. The van der Waals surface area contributed by atoms with E-state index in [1.807, 2.05) is 6.92 Å². The molecule has 8 heteroatoms. The van der Waals surface area contributed by atoms with Crippen molar-refractivity contribution in [3.05, 3.63) is 48.0 Å². The first-order valence-corrected chi connectivity index (χ1v) is 11.1. The first kappa shape index (κ1) is 21.1. The molecule has 1 heterocycles. The second kappa shape index (κ2) is 9.28. The molecule has 0 aromatic heterocycles. The number of methoxy groups -OCH3 is 1. The molecule has 1 fully saturated rings. The molecule has 0 atom stereocenters. The van der Waals surface area contributed by atoms with E-state index in [9.17, 15) is 13.2 Å². The van der Waals surface area contributed by atoms with Crippen molar-refractivity contribution >= 4 is 21.6 Å². The van der Waals surface area contributed by atoms with Crippen LogP contribution in [-0.2, 0) is 10.0 Å². The van der Waals surface area contributed by atoms with Crippen molar-refractivity contribution in [2.45, 2.75) is 31.1 Å². The Balaban J connectivity index is 1.91.